The van der Waals surface area contributed by atoms with E-state index < -0.39 is 6.09 Å². The summed E-state index contributed by atoms with van der Waals surface area (Å²) in [6.07, 6.45) is 1.49. The Labute approximate surface area is 147 Å². The molecular weight excluding hydrogens is 285 g/mol. The predicted octanol–water partition coefficient (Wildman–Crippen LogP) is -0.587. The van der Waals surface area contributed by atoms with Crippen molar-refractivity contribution in [1.82, 2.24) is 4.90 Å². The maximum Gasteiger partial charge on any atom is 1.00 e. The molecule has 5 heteroatoms. The molecule has 2 aromatic rings. The van der Waals surface area contributed by atoms with Crippen LogP contribution in [0, 0.1) is 0 Å². The molecule has 3 rings (SSSR count). The van der Waals surface area contributed by atoms with Crippen molar-refractivity contribution in [2.45, 2.75) is 12.5 Å². The van der Waals surface area contributed by atoms with Gasteiger partial charge in [0.15, 0.2) is 0 Å². The van der Waals surface area contributed by atoms with Gasteiger partial charge in [0.1, 0.15) is 6.61 Å². The summed E-state index contributed by atoms with van der Waals surface area (Å²) in [5.41, 5.74) is 1.84. The second-order valence-electron chi connectivity index (χ2n) is 5.18. The van der Waals surface area contributed by atoms with Gasteiger partial charge in [-0.1, -0.05) is 60.7 Å². The molecule has 0 saturated carbocycles. The van der Waals surface area contributed by atoms with Gasteiger partial charge < -0.3 is 9.84 Å². The maximum absolute atomic E-state index is 12.4. The molecule has 0 radical (unpaired) electrons. The largest absolute Gasteiger partial charge is 1.00 e. The SMILES string of the molecule is O=C1OC[C@H](Cc2ccccc2)N1/C([O-])=C/c1ccccc1.[Li+]. The van der Waals surface area contributed by atoms with Crippen molar-refractivity contribution in [2.24, 2.45) is 0 Å². The van der Waals surface area contributed by atoms with Gasteiger partial charge >= 0.3 is 25.0 Å². The molecule has 0 N–H and O–H groups in total. The molecule has 0 aliphatic carbocycles. The minimum absolute atomic E-state index is 0. The Balaban J connectivity index is 0.00000192. The van der Waals surface area contributed by atoms with Crippen LogP contribution in [0.25, 0.3) is 6.08 Å². The van der Waals surface area contributed by atoms with E-state index in [4.69, 9.17) is 4.74 Å². The van der Waals surface area contributed by atoms with E-state index in [2.05, 4.69) is 0 Å². The summed E-state index contributed by atoms with van der Waals surface area (Å²) in [5.74, 6) is -0.338. The first-order chi connectivity index (χ1) is 10.7. The van der Waals surface area contributed by atoms with Crippen LogP contribution in [-0.4, -0.2) is 23.6 Å². The zero-order valence-electron chi connectivity index (χ0n) is 13.0. The number of hydrogen-bond donors (Lipinski definition) is 0. The Morgan fingerprint density at radius 2 is 1.74 bits per heavy atom. The first kappa shape index (κ1) is 17.2. The van der Waals surface area contributed by atoms with Crippen molar-refractivity contribution in [3.05, 3.63) is 77.7 Å². The second kappa shape index (κ2) is 7.91. The number of rotatable bonds is 4. The van der Waals surface area contributed by atoms with Gasteiger partial charge in [0.25, 0.3) is 0 Å². The fraction of sp³-hybridized carbons (Fsp3) is 0.167. The van der Waals surface area contributed by atoms with Crippen LogP contribution in [0.5, 0.6) is 0 Å². The molecule has 1 aliphatic heterocycles. The van der Waals surface area contributed by atoms with E-state index in [-0.39, 0.29) is 37.4 Å². The van der Waals surface area contributed by atoms with Crippen LogP contribution in [0.4, 0.5) is 4.79 Å². The Hall–Kier alpha value is -2.15. The number of carbonyl (C=O) groups is 1. The molecule has 1 heterocycles. The van der Waals surface area contributed by atoms with Gasteiger partial charge in [-0.25, -0.2) is 4.79 Å². The van der Waals surface area contributed by atoms with E-state index in [1.54, 1.807) is 0 Å². The van der Waals surface area contributed by atoms with Gasteiger partial charge in [-0.2, -0.15) is 0 Å². The van der Waals surface area contributed by atoms with Crippen molar-refractivity contribution in [2.75, 3.05) is 6.61 Å². The van der Waals surface area contributed by atoms with Gasteiger partial charge in [-0.05, 0) is 29.5 Å². The fourth-order valence-electron chi connectivity index (χ4n) is 2.53. The molecule has 0 bridgehead atoms. The third kappa shape index (κ3) is 4.19. The van der Waals surface area contributed by atoms with Gasteiger partial charge in [0.2, 0.25) is 0 Å². The van der Waals surface area contributed by atoms with Crippen molar-refractivity contribution in [1.29, 1.82) is 0 Å². The van der Waals surface area contributed by atoms with Gasteiger partial charge in [0, 0.05) is 0 Å². The summed E-state index contributed by atoms with van der Waals surface area (Å²) in [6.45, 7) is 0.238. The number of ether oxygens (including phenoxy) is 1. The number of hydrogen-bond acceptors (Lipinski definition) is 3. The van der Waals surface area contributed by atoms with E-state index in [0.717, 1.165) is 11.1 Å². The van der Waals surface area contributed by atoms with Gasteiger partial charge in [-0.3, -0.25) is 4.90 Å². The molecular formula is C18H16LiNO3. The summed E-state index contributed by atoms with van der Waals surface area (Å²) >= 11 is 0. The van der Waals surface area contributed by atoms with Crippen LogP contribution in [0.15, 0.2) is 66.5 Å². The van der Waals surface area contributed by atoms with Crippen molar-refractivity contribution < 1.29 is 33.5 Å². The molecule has 1 saturated heterocycles. The van der Waals surface area contributed by atoms with Crippen molar-refractivity contribution >= 4 is 12.2 Å². The third-order valence-corrected chi connectivity index (χ3v) is 3.60. The zero-order chi connectivity index (χ0) is 15.4. The Bertz CT molecular complexity index is 673. The molecule has 4 nitrogen and oxygen atoms in total. The maximum atomic E-state index is 12.4. The summed E-state index contributed by atoms with van der Waals surface area (Å²) in [7, 11) is 0. The Kier molecular flexibility index (Phi) is 5.92. The number of amides is 1. The van der Waals surface area contributed by atoms with Crippen LogP contribution in [-0.2, 0) is 11.2 Å². The standard InChI is InChI=1S/C18H17NO3.Li/c20-17(12-15-9-5-2-6-10-15)19-16(13-22-18(19)21)11-14-7-3-1-4-8-14;/h1-10,12,16,20H,11,13H2;/q;+1/p-1/b17-12-;/t16-;/m0./s1. The van der Waals surface area contributed by atoms with Crippen LogP contribution in [0.3, 0.4) is 0 Å². The molecule has 112 valence electrons. The minimum Gasteiger partial charge on any atom is -0.860 e. The smallest absolute Gasteiger partial charge is 0.860 e. The number of benzene rings is 2. The van der Waals surface area contributed by atoms with Crippen molar-refractivity contribution in [3.8, 4) is 0 Å². The normalized spacial score (nSPS) is 17.6. The second-order valence-corrected chi connectivity index (χ2v) is 5.18. The third-order valence-electron chi connectivity index (χ3n) is 3.60. The molecule has 23 heavy (non-hydrogen) atoms. The van der Waals surface area contributed by atoms with Gasteiger partial charge in [-0.15, -0.1) is 0 Å². The van der Waals surface area contributed by atoms with E-state index in [1.165, 1.54) is 11.0 Å². The van der Waals surface area contributed by atoms with E-state index in [0.29, 0.717) is 6.42 Å². The van der Waals surface area contributed by atoms with Crippen molar-refractivity contribution in [3.63, 3.8) is 0 Å². The molecule has 0 spiro atoms. The average Bonchev–Trinajstić information content (AvgIpc) is 2.90. The number of cyclic esters (lactones) is 1. The first-order valence-corrected chi connectivity index (χ1v) is 7.18. The van der Waals surface area contributed by atoms with Crippen LogP contribution < -0.4 is 24.0 Å². The quantitative estimate of drug-likeness (QED) is 0.560. The topological polar surface area (TPSA) is 52.6 Å². The number of carbonyl (C=O) groups excluding carboxylic acids is 1. The first-order valence-electron chi connectivity index (χ1n) is 7.18. The van der Waals surface area contributed by atoms with Gasteiger partial charge in [0.05, 0.1) is 6.04 Å². The van der Waals surface area contributed by atoms with E-state index in [9.17, 15) is 9.90 Å². The molecule has 1 atom stereocenters. The number of nitrogens with zero attached hydrogens (tertiary/aromatic N) is 1. The van der Waals surface area contributed by atoms with Crippen LogP contribution in [0.2, 0.25) is 0 Å². The van der Waals surface area contributed by atoms with E-state index >= 15 is 0 Å². The summed E-state index contributed by atoms with van der Waals surface area (Å²) in [5, 5.41) is 12.4. The zero-order valence-corrected chi connectivity index (χ0v) is 13.0. The van der Waals surface area contributed by atoms with Crippen LogP contribution in [0.1, 0.15) is 11.1 Å². The molecule has 0 aromatic heterocycles. The minimum atomic E-state index is -0.571. The molecule has 2 aromatic carbocycles. The van der Waals surface area contributed by atoms with Crippen LogP contribution >= 0.6 is 0 Å². The molecule has 1 aliphatic rings. The van der Waals surface area contributed by atoms with E-state index in [1.807, 2.05) is 60.7 Å². The average molecular weight is 301 g/mol. The summed E-state index contributed by atoms with van der Waals surface area (Å²) in [6, 6.07) is 18.7. The monoisotopic (exact) mass is 301 g/mol. The Morgan fingerprint density at radius 3 is 2.39 bits per heavy atom. The molecule has 1 fully saturated rings. The summed E-state index contributed by atoms with van der Waals surface area (Å²) < 4.78 is 5.06. The fourth-order valence-corrected chi connectivity index (χ4v) is 2.53. The Morgan fingerprint density at radius 1 is 1.13 bits per heavy atom. The predicted molar refractivity (Wildman–Crippen MR) is 81.5 cm³/mol. The summed E-state index contributed by atoms with van der Waals surface area (Å²) in [4.78, 5) is 13.1. The molecule has 0 unspecified atom stereocenters. The molecule has 1 amide bonds.